The van der Waals surface area contributed by atoms with Crippen LogP contribution >= 0.6 is 23.4 Å². The lowest BCUT2D eigenvalue weighted by atomic mass is 10.0. The summed E-state index contributed by atoms with van der Waals surface area (Å²) >= 11 is 7.56. The van der Waals surface area contributed by atoms with Gasteiger partial charge >= 0.3 is 0 Å². The van der Waals surface area contributed by atoms with Gasteiger partial charge in [0.2, 0.25) is 0 Å². The summed E-state index contributed by atoms with van der Waals surface area (Å²) in [5, 5.41) is 1.32. The molecule has 0 heterocycles. The Morgan fingerprint density at radius 1 is 0.792 bits per heavy atom. The standard InChI is InChI=1S/C20H17ClN2S/c21-17-13-11-16(12-14-17)19(15-7-3-1-4-8-15)24-20(22)23-18-9-5-2-6-10-18/h1-14,19H,(H2,22,23)/t19-/m0/s1. The van der Waals surface area contributed by atoms with E-state index in [2.05, 4.69) is 17.1 Å². The van der Waals surface area contributed by atoms with Gasteiger partial charge in [-0.25, -0.2) is 4.99 Å². The van der Waals surface area contributed by atoms with Crippen molar-refractivity contribution in [3.05, 3.63) is 101 Å². The van der Waals surface area contributed by atoms with Crippen LogP contribution in [0.4, 0.5) is 5.69 Å². The highest BCUT2D eigenvalue weighted by Crippen LogP contribution is 2.36. The summed E-state index contributed by atoms with van der Waals surface area (Å²) in [6, 6.07) is 27.9. The molecule has 0 saturated heterocycles. The molecule has 0 amide bonds. The van der Waals surface area contributed by atoms with E-state index >= 15 is 0 Å². The van der Waals surface area contributed by atoms with E-state index in [9.17, 15) is 0 Å². The van der Waals surface area contributed by atoms with Gasteiger partial charge in [0, 0.05) is 5.02 Å². The summed E-state index contributed by atoms with van der Waals surface area (Å²) in [6.45, 7) is 0. The maximum atomic E-state index is 6.20. The quantitative estimate of drug-likeness (QED) is 0.475. The second kappa shape index (κ2) is 8.04. The van der Waals surface area contributed by atoms with Crippen molar-refractivity contribution in [3.8, 4) is 0 Å². The van der Waals surface area contributed by atoms with Crippen molar-refractivity contribution in [2.24, 2.45) is 10.7 Å². The van der Waals surface area contributed by atoms with Crippen LogP contribution in [0.1, 0.15) is 16.4 Å². The second-order valence-corrected chi connectivity index (χ2v) is 6.81. The van der Waals surface area contributed by atoms with Crippen LogP contribution in [0, 0.1) is 0 Å². The van der Waals surface area contributed by atoms with Crippen LogP contribution < -0.4 is 5.73 Å². The van der Waals surface area contributed by atoms with Crippen molar-refractivity contribution < 1.29 is 0 Å². The zero-order valence-corrected chi connectivity index (χ0v) is 14.5. The predicted molar refractivity (Wildman–Crippen MR) is 105 cm³/mol. The molecule has 3 rings (SSSR count). The molecule has 0 fully saturated rings. The molecule has 0 aliphatic carbocycles. The molecule has 3 aromatic rings. The third kappa shape index (κ3) is 4.40. The number of nitrogens with zero attached hydrogens (tertiary/aromatic N) is 1. The predicted octanol–water partition coefficient (Wildman–Crippen LogP) is 5.81. The first-order chi connectivity index (χ1) is 11.7. The van der Waals surface area contributed by atoms with Gasteiger partial charge in [-0.05, 0) is 35.4 Å². The van der Waals surface area contributed by atoms with Crippen molar-refractivity contribution in [1.29, 1.82) is 0 Å². The Morgan fingerprint density at radius 3 is 1.96 bits per heavy atom. The molecule has 0 aromatic heterocycles. The maximum Gasteiger partial charge on any atom is 0.160 e. The molecule has 24 heavy (non-hydrogen) atoms. The van der Waals surface area contributed by atoms with E-state index in [4.69, 9.17) is 17.3 Å². The highest BCUT2D eigenvalue weighted by molar-refractivity contribution is 8.14. The number of para-hydroxylation sites is 1. The first-order valence-corrected chi connectivity index (χ1v) is 8.84. The van der Waals surface area contributed by atoms with Gasteiger partial charge in [-0.2, -0.15) is 0 Å². The van der Waals surface area contributed by atoms with Gasteiger partial charge in [0.15, 0.2) is 5.17 Å². The van der Waals surface area contributed by atoms with Crippen LogP contribution in [0.5, 0.6) is 0 Å². The lowest BCUT2D eigenvalue weighted by Crippen LogP contribution is -2.10. The molecular formula is C20H17ClN2S. The summed E-state index contributed by atoms with van der Waals surface area (Å²) < 4.78 is 0. The van der Waals surface area contributed by atoms with Crippen LogP contribution in [0.15, 0.2) is 89.9 Å². The number of nitrogens with two attached hydrogens (primary N) is 1. The van der Waals surface area contributed by atoms with Crippen LogP contribution in [-0.4, -0.2) is 5.17 Å². The van der Waals surface area contributed by atoms with Gasteiger partial charge in [-0.1, -0.05) is 84.0 Å². The normalized spacial score (nSPS) is 12.8. The molecule has 0 spiro atoms. The molecular weight excluding hydrogens is 336 g/mol. The molecule has 0 aliphatic heterocycles. The van der Waals surface area contributed by atoms with Crippen LogP contribution in [0.2, 0.25) is 5.02 Å². The molecule has 0 saturated carbocycles. The summed E-state index contributed by atoms with van der Waals surface area (Å²) in [4.78, 5) is 4.50. The van der Waals surface area contributed by atoms with E-state index in [1.807, 2.05) is 72.8 Å². The van der Waals surface area contributed by atoms with Crippen molar-refractivity contribution in [2.75, 3.05) is 0 Å². The second-order valence-electron chi connectivity index (χ2n) is 5.25. The van der Waals surface area contributed by atoms with Gasteiger partial charge in [-0.3, -0.25) is 0 Å². The van der Waals surface area contributed by atoms with E-state index in [0.717, 1.165) is 16.3 Å². The SMILES string of the molecule is NC(=Nc1ccccc1)S[C@@H](c1ccccc1)c1ccc(Cl)cc1. The number of amidine groups is 1. The molecule has 4 heteroatoms. The van der Waals surface area contributed by atoms with Crippen molar-refractivity contribution in [2.45, 2.75) is 5.25 Å². The van der Waals surface area contributed by atoms with Gasteiger partial charge in [0.1, 0.15) is 0 Å². The Morgan fingerprint density at radius 2 is 1.33 bits per heavy atom. The minimum absolute atomic E-state index is 0.0657. The highest BCUT2D eigenvalue weighted by Gasteiger charge is 2.16. The fourth-order valence-electron chi connectivity index (χ4n) is 2.37. The largest absolute Gasteiger partial charge is 0.378 e. The number of aliphatic imine (C=N–C) groups is 1. The van der Waals surface area contributed by atoms with Crippen molar-refractivity contribution in [1.82, 2.24) is 0 Å². The topological polar surface area (TPSA) is 38.4 Å². The fourth-order valence-corrected chi connectivity index (χ4v) is 3.48. The number of hydrogen-bond acceptors (Lipinski definition) is 2. The molecule has 0 aliphatic rings. The van der Waals surface area contributed by atoms with Crippen LogP contribution in [-0.2, 0) is 0 Å². The smallest absolute Gasteiger partial charge is 0.160 e. The summed E-state index contributed by atoms with van der Waals surface area (Å²) in [6.07, 6.45) is 0. The number of hydrogen-bond donors (Lipinski definition) is 1. The van der Waals surface area contributed by atoms with E-state index < -0.39 is 0 Å². The maximum absolute atomic E-state index is 6.20. The fraction of sp³-hybridized carbons (Fsp3) is 0.0500. The number of thioether (sulfide) groups is 1. The first kappa shape index (κ1) is 16.6. The van der Waals surface area contributed by atoms with Crippen LogP contribution in [0.3, 0.4) is 0 Å². The molecule has 120 valence electrons. The van der Waals surface area contributed by atoms with E-state index in [1.54, 1.807) is 0 Å². The molecule has 0 radical (unpaired) electrons. The van der Waals surface area contributed by atoms with E-state index in [-0.39, 0.29) is 5.25 Å². The van der Waals surface area contributed by atoms with Crippen LogP contribution in [0.25, 0.3) is 0 Å². The monoisotopic (exact) mass is 352 g/mol. The average Bonchev–Trinajstić information content (AvgIpc) is 2.62. The molecule has 0 unspecified atom stereocenters. The number of benzene rings is 3. The van der Waals surface area contributed by atoms with Gasteiger partial charge in [0.05, 0.1) is 10.9 Å². The first-order valence-electron chi connectivity index (χ1n) is 7.58. The summed E-state index contributed by atoms with van der Waals surface area (Å²) in [7, 11) is 0. The Labute approximate surface area is 151 Å². The van der Waals surface area contributed by atoms with Gasteiger partial charge in [-0.15, -0.1) is 0 Å². The summed E-state index contributed by atoms with van der Waals surface area (Å²) in [5.41, 5.74) is 9.37. The molecule has 3 aromatic carbocycles. The average molecular weight is 353 g/mol. The summed E-state index contributed by atoms with van der Waals surface area (Å²) in [5.74, 6) is 0. The highest BCUT2D eigenvalue weighted by atomic mass is 35.5. The molecule has 1 atom stereocenters. The Kier molecular flexibility index (Phi) is 5.57. The lowest BCUT2D eigenvalue weighted by molar-refractivity contribution is 1.16. The van der Waals surface area contributed by atoms with Gasteiger partial charge < -0.3 is 5.73 Å². The Balaban J connectivity index is 1.90. The molecule has 2 N–H and O–H groups in total. The Hall–Kier alpha value is -2.23. The zero-order valence-electron chi connectivity index (χ0n) is 13.0. The zero-order chi connectivity index (χ0) is 16.8. The lowest BCUT2D eigenvalue weighted by Gasteiger charge is -2.17. The molecule has 2 nitrogen and oxygen atoms in total. The number of halogens is 1. The van der Waals surface area contributed by atoms with Crippen molar-refractivity contribution in [3.63, 3.8) is 0 Å². The van der Waals surface area contributed by atoms with E-state index in [0.29, 0.717) is 5.17 Å². The Bertz CT molecular complexity index is 802. The van der Waals surface area contributed by atoms with Crippen molar-refractivity contribution >= 4 is 34.2 Å². The third-order valence-corrected chi connectivity index (χ3v) is 4.87. The van der Waals surface area contributed by atoms with E-state index in [1.165, 1.54) is 17.3 Å². The minimum atomic E-state index is 0.0657. The van der Waals surface area contributed by atoms with Gasteiger partial charge in [0.25, 0.3) is 0 Å². The number of rotatable bonds is 4. The minimum Gasteiger partial charge on any atom is -0.378 e. The third-order valence-electron chi connectivity index (χ3n) is 3.51. The molecule has 0 bridgehead atoms.